The van der Waals surface area contributed by atoms with E-state index in [4.69, 9.17) is 28.3 Å². The van der Waals surface area contributed by atoms with E-state index in [9.17, 15) is 0 Å². The van der Waals surface area contributed by atoms with E-state index >= 15 is 0 Å². The van der Waals surface area contributed by atoms with Crippen molar-refractivity contribution in [3.8, 4) is 0 Å². The fourth-order valence-electron chi connectivity index (χ4n) is 1.79. The van der Waals surface area contributed by atoms with E-state index in [0.29, 0.717) is 0 Å². The number of unbranched alkanes of at least 4 members (excludes halogenated alkanes) is 1. The van der Waals surface area contributed by atoms with Crippen LogP contribution in [0, 0.1) is 5.92 Å². The van der Waals surface area contributed by atoms with Crippen molar-refractivity contribution in [3.05, 3.63) is 0 Å². The molecule has 0 unspecified atom stereocenters. The molecule has 0 amide bonds. The van der Waals surface area contributed by atoms with Gasteiger partial charge in [-0.05, 0) is 24.1 Å². The molecule has 0 atom stereocenters. The largest absolute Gasteiger partial charge is 0.400 e. The van der Waals surface area contributed by atoms with Crippen LogP contribution in [0.1, 0.15) is 39.0 Å². The predicted molar refractivity (Wildman–Crippen MR) is 57.1 cm³/mol. The SMILES string of the molecule is [B]C([B])([B])OC1CC(CCCC)C1. The highest BCUT2D eigenvalue weighted by molar-refractivity contribution is 6.58. The van der Waals surface area contributed by atoms with E-state index in [2.05, 4.69) is 6.92 Å². The third-order valence-corrected chi connectivity index (χ3v) is 2.53. The molecule has 0 saturated heterocycles. The van der Waals surface area contributed by atoms with Crippen molar-refractivity contribution < 1.29 is 4.74 Å². The van der Waals surface area contributed by atoms with Gasteiger partial charge in [0.25, 0.3) is 0 Å². The molecule has 13 heavy (non-hydrogen) atoms. The normalized spacial score (nSPS) is 28.4. The first-order valence-electron chi connectivity index (χ1n) is 5.05. The second-order valence-electron chi connectivity index (χ2n) is 4.07. The topological polar surface area (TPSA) is 9.23 Å². The highest BCUT2D eigenvalue weighted by atomic mass is 16.5. The van der Waals surface area contributed by atoms with Gasteiger partial charge in [0.2, 0.25) is 0 Å². The summed E-state index contributed by atoms with van der Waals surface area (Å²) in [5, 5.41) is -1.44. The molecule has 0 bridgehead atoms. The van der Waals surface area contributed by atoms with Crippen LogP contribution in [0.2, 0.25) is 0 Å². The van der Waals surface area contributed by atoms with Crippen LogP contribution in [-0.4, -0.2) is 34.9 Å². The molecule has 0 spiro atoms. The van der Waals surface area contributed by atoms with Gasteiger partial charge in [-0.3, -0.25) is 0 Å². The van der Waals surface area contributed by atoms with Crippen LogP contribution in [-0.2, 0) is 4.74 Å². The fraction of sp³-hybridized carbons (Fsp3) is 1.00. The Bertz CT molecular complexity index is 149. The molecule has 1 saturated carbocycles. The summed E-state index contributed by atoms with van der Waals surface area (Å²) in [5.74, 6) is 0.798. The molecule has 6 radical (unpaired) electrons. The summed E-state index contributed by atoms with van der Waals surface area (Å²) in [6, 6.07) is 0. The molecule has 0 aromatic carbocycles. The van der Waals surface area contributed by atoms with Crippen LogP contribution in [0.5, 0.6) is 0 Å². The zero-order chi connectivity index (χ0) is 9.90. The Morgan fingerprint density at radius 3 is 2.38 bits per heavy atom. The van der Waals surface area contributed by atoms with E-state index in [1.807, 2.05) is 0 Å². The Kier molecular flexibility index (Phi) is 3.96. The van der Waals surface area contributed by atoms with Gasteiger partial charge >= 0.3 is 0 Å². The minimum atomic E-state index is -1.44. The number of hydrogen-bond acceptors (Lipinski definition) is 1. The zero-order valence-electron chi connectivity index (χ0n) is 8.33. The minimum Gasteiger partial charge on any atom is -0.400 e. The van der Waals surface area contributed by atoms with Crippen LogP contribution in [0.25, 0.3) is 0 Å². The highest BCUT2D eigenvalue weighted by Gasteiger charge is 2.31. The Labute approximate surface area is 85.2 Å². The molecule has 0 N–H and O–H groups in total. The van der Waals surface area contributed by atoms with Crippen molar-refractivity contribution in [1.29, 1.82) is 0 Å². The van der Waals surface area contributed by atoms with Crippen molar-refractivity contribution in [2.45, 2.75) is 50.4 Å². The molecule has 1 nitrogen and oxygen atoms in total. The summed E-state index contributed by atoms with van der Waals surface area (Å²) in [6.45, 7) is 2.21. The Morgan fingerprint density at radius 2 is 1.92 bits per heavy atom. The molecule has 0 heterocycles. The van der Waals surface area contributed by atoms with Crippen molar-refractivity contribution in [2.24, 2.45) is 5.92 Å². The van der Waals surface area contributed by atoms with Crippen LogP contribution in [0.3, 0.4) is 0 Å². The van der Waals surface area contributed by atoms with Gasteiger partial charge in [0.1, 0.15) is 0 Å². The van der Waals surface area contributed by atoms with Crippen molar-refractivity contribution in [1.82, 2.24) is 0 Å². The van der Waals surface area contributed by atoms with Crippen LogP contribution >= 0.6 is 0 Å². The van der Waals surface area contributed by atoms with Crippen LogP contribution in [0.4, 0.5) is 0 Å². The van der Waals surface area contributed by atoms with Gasteiger partial charge in [0.15, 0.2) is 0 Å². The monoisotopic (exact) mass is 172 g/mol. The summed E-state index contributed by atoms with van der Waals surface area (Å²) in [7, 11) is 16.0. The second-order valence-corrected chi connectivity index (χ2v) is 4.07. The molecule has 66 valence electrons. The fourth-order valence-corrected chi connectivity index (χ4v) is 1.79. The number of hydrogen-bond donors (Lipinski definition) is 0. The molecule has 1 rings (SSSR count). The number of ether oxygens (including phenoxy) is 1. The summed E-state index contributed by atoms with van der Waals surface area (Å²) < 4.78 is 5.22. The van der Waals surface area contributed by atoms with E-state index in [1.165, 1.54) is 19.3 Å². The summed E-state index contributed by atoms with van der Waals surface area (Å²) >= 11 is 0. The van der Waals surface area contributed by atoms with Crippen molar-refractivity contribution >= 4 is 23.5 Å². The quantitative estimate of drug-likeness (QED) is 0.563. The first-order valence-corrected chi connectivity index (χ1v) is 5.05. The van der Waals surface area contributed by atoms with Crippen LogP contribution < -0.4 is 0 Å². The van der Waals surface area contributed by atoms with Gasteiger partial charge in [-0.1, -0.05) is 26.2 Å². The maximum atomic E-state index is 5.32. The molecule has 1 aliphatic rings. The molecule has 1 aliphatic carbocycles. The lowest BCUT2D eigenvalue weighted by atomic mass is 9.52. The van der Waals surface area contributed by atoms with E-state index in [1.54, 1.807) is 0 Å². The van der Waals surface area contributed by atoms with Gasteiger partial charge in [0.05, 0.1) is 29.6 Å². The van der Waals surface area contributed by atoms with E-state index < -0.39 is 5.30 Å². The Morgan fingerprint density at radius 1 is 1.31 bits per heavy atom. The van der Waals surface area contributed by atoms with Gasteiger partial charge in [-0.2, -0.15) is 0 Å². The van der Waals surface area contributed by atoms with Crippen molar-refractivity contribution in [3.63, 3.8) is 0 Å². The second kappa shape index (κ2) is 4.59. The summed E-state index contributed by atoms with van der Waals surface area (Å²) in [6.07, 6.45) is 6.17. The predicted octanol–water partition coefficient (Wildman–Crippen LogP) is 1.09. The maximum Gasteiger partial charge on any atom is 0.0862 e. The lowest BCUT2D eigenvalue weighted by molar-refractivity contribution is -0.0384. The standard InChI is InChI=1S/C9H15B3O/c1-2-3-4-7-5-8(6-7)13-9(10,11)12/h7-8H,2-6H2,1H3. The summed E-state index contributed by atoms with van der Waals surface area (Å²) in [4.78, 5) is 0. The average Bonchev–Trinajstić information content (AvgIpc) is 1.91. The van der Waals surface area contributed by atoms with Gasteiger partial charge < -0.3 is 4.74 Å². The zero-order valence-corrected chi connectivity index (χ0v) is 8.33. The third-order valence-electron chi connectivity index (χ3n) is 2.53. The first kappa shape index (κ1) is 11.2. The van der Waals surface area contributed by atoms with Crippen LogP contribution in [0.15, 0.2) is 0 Å². The minimum absolute atomic E-state index is 0.182. The average molecular weight is 172 g/mol. The molecule has 0 aromatic rings. The lowest BCUT2D eigenvalue weighted by Crippen LogP contribution is -2.43. The van der Waals surface area contributed by atoms with Gasteiger partial charge in [-0.15, -0.1) is 0 Å². The summed E-state index contributed by atoms with van der Waals surface area (Å²) in [5.41, 5.74) is 0. The molecule has 0 aliphatic heterocycles. The Balaban J connectivity index is 2.05. The molecular weight excluding hydrogens is 157 g/mol. The molecule has 4 heteroatoms. The van der Waals surface area contributed by atoms with E-state index in [-0.39, 0.29) is 6.10 Å². The maximum absolute atomic E-state index is 5.32. The molecular formula is C9H15B3O. The first-order chi connectivity index (χ1) is 6.01. The van der Waals surface area contributed by atoms with Gasteiger partial charge in [0, 0.05) is 0 Å². The highest BCUT2D eigenvalue weighted by Crippen LogP contribution is 2.34. The van der Waals surface area contributed by atoms with Crippen molar-refractivity contribution in [2.75, 3.05) is 0 Å². The smallest absolute Gasteiger partial charge is 0.0862 e. The number of rotatable bonds is 5. The third kappa shape index (κ3) is 4.26. The molecule has 0 aromatic heterocycles. The lowest BCUT2D eigenvalue weighted by Gasteiger charge is -2.40. The Hall–Kier alpha value is 0.155. The van der Waals surface area contributed by atoms with Gasteiger partial charge in [-0.25, -0.2) is 0 Å². The van der Waals surface area contributed by atoms with E-state index in [0.717, 1.165) is 18.8 Å². The molecule has 1 fully saturated rings.